The first kappa shape index (κ1) is 20.6. The maximum Gasteiger partial charge on any atom is 0.251 e. The van der Waals surface area contributed by atoms with E-state index in [1.807, 2.05) is 59.6 Å². The molecule has 0 radical (unpaired) electrons. The number of ether oxygens (including phenoxy) is 1. The summed E-state index contributed by atoms with van der Waals surface area (Å²) in [5, 5.41) is 3.39. The number of benzene rings is 1. The van der Waals surface area contributed by atoms with Crippen molar-refractivity contribution < 1.29 is 9.53 Å². The van der Waals surface area contributed by atoms with E-state index in [0.29, 0.717) is 19.7 Å². The van der Waals surface area contributed by atoms with Gasteiger partial charge in [-0.2, -0.15) is 0 Å². The summed E-state index contributed by atoms with van der Waals surface area (Å²) in [4.78, 5) is 28.8. The molecule has 1 aromatic carbocycles. The van der Waals surface area contributed by atoms with Crippen LogP contribution in [0.15, 0.2) is 60.9 Å². The second kappa shape index (κ2) is 9.44. The van der Waals surface area contributed by atoms with E-state index in [0.717, 1.165) is 54.3 Å². The molecule has 4 heterocycles. The fraction of sp³-hybridized carbons (Fsp3) is 0.360. The minimum absolute atomic E-state index is 0.0930. The van der Waals surface area contributed by atoms with Crippen LogP contribution >= 0.6 is 0 Å². The van der Waals surface area contributed by atoms with Gasteiger partial charge in [-0.05, 0) is 49.9 Å². The molecular formula is C25H27N5O2. The highest BCUT2D eigenvalue weighted by atomic mass is 16.5. The Morgan fingerprint density at radius 3 is 2.75 bits per heavy atom. The van der Waals surface area contributed by atoms with Gasteiger partial charge in [-0.25, -0.2) is 9.97 Å². The van der Waals surface area contributed by atoms with Gasteiger partial charge < -0.3 is 15.0 Å². The van der Waals surface area contributed by atoms with Gasteiger partial charge in [0, 0.05) is 55.3 Å². The summed E-state index contributed by atoms with van der Waals surface area (Å²) in [5.74, 6) is 1.69. The molecule has 0 bridgehead atoms. The van der Waals surface area contributed by atoms with Gasteiger partial charge in [0.05, 0.1) is 5.69 Å². The number of carbonyl (C=O) groups is 1. The third-order valence-corrected chi connectivity index (χ3v) is 6.07. The largest absolute Gasteiger partial charge is 0.368 e. The van der Waals surface area contributed by atoms with Crippen LogP contribution < -0.4 is 5.32 Å². The molecule has 7 heteroatoms. The summed E-state index contributed by atoms with van der Waals surface area (Å²) >= 11 is 0. The van der Waals surface area contributed by atoms with Crippen LogP contribution in [0.2, 0.25) is 0 Å². The molecule has 2 atom stereocenters. The minimum Gasteiger partial charge on any atom is -0.368 e. The number of nitrogens with zero attached hydrogens (tertiary/aromatic N) is 4. The van der Waals surface area contributed by atoms with E-state index in [9.17, 15) is 4.79 Å². The number of anilines is 2. The fourth-order valence-electron chi connectivity index (χ4n) is 4.35. The van der Waals surface area contributed by atoms with Crippen LogP contribution in [0.5, 0.6) is 0 Å². The summed E-state index contributed by atoms with van der Waals surface area (Å²) in [7, 11) is 0. The van der Waals surface area contributed by atoms with E-state index in [2.05, 4.69) is 10.3 Å². The molecule has 2 aromatic heterocycles. The monoisotopic (exact) mass is 429 g/mol. The van der Waals surface area contributed by atoms with Crippen molar-refractivity contribution in [2.24, 2.45) is 0 Å². The average Bonchev–Trinajstić information content (AvgIpc) is 3.36. The van der Waals surface area contributed by atoms with E-state index in [4.69, 9.17) is 14.7 Å². The number of carbonyl (C=O) groups excluding carboxylic acids is 1. The number of rotatable bonds is 5. The normalized spacial score (nSPS) is 20.8. The summed E-state index contributed by atoms with van der Waals surface area (Å²) in [6, 6.07) is 15.8. The Morgan fingerprint density at radius 2 is 1.97 bits per heavy atom. The molecule has 32 heavy (non-hydrogen) atoms. The molecular weight excluding hydrogens is 402 g/mol. The maximum absolute atomic E-state index is 12.9. The first-order chi connectivity index (χ1) is 15.8. The number of hydrogen-bond donors (Lipinski definition) is 1. The number of para-hydroxylation sites is 1. The molecule has 2 saturated heterocycles. The number of pyridine rings is 1. The average molecular weight is 430 g/mol. The second-order valence-electron chi connectivity index (χ2n) is 8.35. The third-order valence-electron chi connectivity index (χ3n) is 6.07. The fourth-order valence-corrected chi connectivity index (χ4v) is 4.35. The van der Waals surface area contributed by atoms with E-state index in [-0.39, 0.29) is 17.9 Å². The predicted molar refractivity (Wildman–Crippen MR) is 123 cm³/mol. The van der Waals surface area contributed by atoms with E-state index in [1.165, 1.54) is 0 Å². The number of hydrogen-bond acceptors (Lipinski definition) is 6. The van der Waals surface area contributed by atoms with Crippen molar-refractivity contribution in [3.63, 3.8) is 0 Å². The topological polar surface area (TPSA) is 80.2 Å². The van der Waals surface area contributed by atoms with Gasteiger partial charge in [0.2, 0.25) is 0 Å². The lowest BCUT2D eigenvalue weighted by atomic mass is 10.1. The van der Waals surface area contributed by atoms with Crippen molar-refractivity contribution in [1.82, 2.24) is 19.9 Å². The van der Waals surface area contributed by atoms with Crippen LogP contribution in [0.1, 0.15) is 37.4 Å². The van der Waals surface area contributed by atoms with Crippen molar-refractivity contribution in [1.29, 1.82) is 0 Å². The summed E-state index contributed by atoms with van der Waals surface area (Å²) in [6.07, 6.45) is 7.03. The van der Waals surface area contributed by atoms with Crippen molar-refractivity contribution >= 4 is 17.4 Å². The van der Waals surface area contributed by atoms with Crippen LogP contribution in [0, 0.1) is 0 Å². The van der Waals surface area contributed by atoms with Gasteiger partial charge in [0.25, 0.3) is 5.91 Å². The van der Waals surface area contributed by atoms with Crippen LogP contribution in [-0.2, 0) is 9.53 Å². The lowest BCUT2D eigenvalue weighted by Crippen LogP contribution is -2.40. The Hall–Kier alpha value is -3.32. The highest BCUT2D eigenvalue weighted by Crippen LogP contribution is 2.30. The van der Waals surface area contributed by atoms with Crippen molar-refractivity contribution in [2.75, 3.05) is 25.0 Å². The summed E-state index contributed by atoms with van der Waals surface area (Å²) in [5.41, 5.74) is 2.72. The Morgan fingerprint density at radius 1 is 1.06 bits per heavy atom. The summed E-state index contributed by atoms with van der Waals surface area (Å²) < 4.78 is 5.72. The minimum atomic E-state index is -0.291. The number of nitrogens with one attached hydrogen (secondary N) is 1. The van der Waals surface area contributed by atoms with Crippen molar-refractivity contribution in [3.8, 4) is 11.3 Å². The Kier molecular flexibility index (Phi) is 6.07. The molecule has 1 amide bonds. The quantitative estimate of drug-likeness (QED) is 0.656. The highest BCUT2D eigenvalue weighted by Gasteiger charge is 2.34. The van der Waals surface area contributed by atoms with Gasteiger partial charge in [-0.1, -0.05) is 18.2 Å². The molecule has 2 aliphatic heterocycles. The first-order valence-electron chi connectivity index (χ1n) is 11.3. The smallest absolute Gasteiger partial charge is 0.251 e. The second-order valence-corrected chi connectivity index (χ2v) is 8.35. The van der Waals surface area contributed by atoms with E-state index >= 15 is 0 Å². The summed E-state index contributed by atoms with van der Waals surface area (Å²) in [6.45, 7) is 2.02. The molecule has 1 N–H and O–H groups in total. The van der Waals surface area contributed by atoms with Crippen molar-refractivity contribution in [3.05, 3.63) is 66.7 Å². The Labute approximate surface area is 187 Å². The molecule has 0 aliphatic carbocycles. The molecule has 3 aromatic rings. The zero-order valence-corrected chi connectivity index (χ0v) is 18.0. The van der Waals surface area contributed by atoms with E-state index < -0.39 is 0 Å². The Bertz CT molecular complexity index is 1050. The maximum atomic E-state index is 12.9. The van der Waals surface area contributed by atoms with Gasteiger partial charge in [0.1, 0.15) is 17.7 Å². The Balaban J connectivity index is 1.40. The number of aromatic nitrogens is 3. The van der Waals surface area contributed by atoms with Gasteiger partial charge in [0.15, 0.2) is 0 Å². The first-order valence-corrected chi connectivity index (χ1v) is 11.3. The van der Waals surface area contributed by atoms with Crippen LogP contribution in [0.3, 0.4) is 0 Å². The lowest BCUT2D eigenvalue weighted by molar-refractivity contribution is -0.145. The molecule has 164 valence electrons. The molecule has 0 spiro atoms. The molecule has 2 aliphatic rings. The van der Waals surface area contributed by atoms with Gasteiger partial charge in [-0.15, -0.1) is 0 Å². The molecule has 2 fully saturated rings. The number of likely N-dealkylation sites (tertiary alicyclic amines) is 1. The molecule has 0 unspecified atom stereocenters. The molecule has 0 saturated carbocycles. The van der Waals surface area contributed by atoms with Crippen LogP contribution in [0.25, 0.3) is 11.3 Å². The zero-order valence-electron chi connectivity index (χ0n) is 18.0. The van der Waals surface area contributed by atoms with Gasteiger partial charge in [-0.3, -0.25) is 9.78 Å². The SMILES string of the molecule is O=C([C@H]1CCCCO1)N1CC[C@H](c2nc(Nc3ccccc3)cc(-c3cccnc3)n2)C1. The van der Waals surface area contributed by atoms with Crippen molar-refractivity contribution in [2.45, 2.75) is 37.7 Å². The third kappa shape index (κ3) is 4.62. The van der Waals surface area contributed by atoms with Crippen LogP contribution in [-0.4, -0.2) is 51.6 Å². The van der Waals surface area contributed by atoms with E-state index in [1.54, 1.807) is 6.20 Å². The highest BCUT2D eigenvalue weighted by molar-refractivity contribution is 5.81. The van der Waals surface area contributed by atoms with Gasteiger partial charge >= 0.3 is 0 Å². The standard InChI is InChI=1S/C25H27N5O2/c31-25(22-10-4-5-14-32-22)30-13-11-19(17-30)24-28-21(18-7-6-12-26-16-18)15-23(29-24)27-20-8-2-1-3-9-20/h1-3,6-9,12,15-16,19,22H,4-5,10-11,13-14,17H2,(H,27,28,29)/t19-,22+/m0/s1. The predicted octanol–water partition coefficient (Wildman–Crippen LogP) is 4.17. The molecule has 5 rings (SSSR count). The number of amides is 1. The molecule has 7 nitrogen and oxygen atoms in total. The van der Waals surface area contributed by atoms with Crippen LogP contribution in [0.4, 0.5) is 11.5 Å². The lowest BCUT2D eigenvalue weighted by Gasteiger charge is -2.26. The zero-order chi connectivity index (χ0) is 21.8.